The minimum Gasteiger partial charge on any atom is -0.381 e. The predicted molar refractivity (Wildman–Crippen MR) is 63.0 cm³/mol. The smallest absolute Gasteiger partial charge is 0.0586 e. The SMILES string of the molecule is CCC1CCC(NC2CCC(OC)C2)C1. The second-order valence-corrected chi connectivity index (χ2v) is 5.32. The van der Waals surface area contributed by atoms with Crippen molar-refractivity contribution in [1.82, 2.24) is 5.32 Å². The summed E-state index contributed by atoms with van der Waals surface area (Å²) < 4.78 is 5.41. The van der Waals surface area contributed by atoms with Crippen LogP contribution in [0.1, 0.15) is 51.9 Å². The van der Waals surface area contributed by atoms with Crippen molar-refractivity contribution in [3.8, 4) is 0 Å². The van der Waals surface area contributed by atoms with Gasteiger partial charge in [-0.1, -0.05) is 13.3 Å². The molecule has 2 rings (SSSR count). The van der Waals surface area contributed by atoms with Gasteiger partial charge in [0.1, 0.15) is 0 Å². The molecule has 2 saturated carbocycles. The lowest BCUT2D eigenvalue weighted by Gasteiger charge is -2.19. The first kappa shape index (κ1) is 11.4. The Morgan fingerprint density at radius 2 is 1.80 bits per heavy atom. The minimum absolute atomic E-state index is 0.519. The van der Waals surface area contributed by atoms with Gasteiger partial charge in [-0.05, 0) is 44.4 Å². The second-order valence-electron chi connectivity index (χ2n) is 5.32. The summed E-state index contributed by atoms with van der Waals surface area (Å²) in [5, 5.41) is 3.83. The third kappa shape index (κ3) is 2.94. The minimum atomic E-state index is 0.519. The topological polar surface area (TPSA) is 21.3 Å². The normalized spacial score (nSPS) is 41.2. The van der Waals surface area contributed by atoms with E-state index in [9.17, 15) is 0 Å². The van der Waals surface area contributed by atoms with Crippen LogP contribution in [0.3, 0.4) is 0 Å². The molecule has 2 heteroatoms. The molecule has 88 valence electrons. The van der Waals surface area contributed by atoms with Gasteiger partial charge in [0.25, 0.3) is 0 Å². The van der Waals surface area contributed by atoms with Crippen LogP contribution in [0.2, 0.25) is 0 Å². The van der Waals surface area contributed by atoms with Crippen LogP contribution in [-0.4, -0.2) is 25.3 Å². The molecule has 2 fully saturated rings. The highest BCUT2D eigenvalue weighted by molar-refractivity contribution is 4.87. The Morgan fingerprint density at radius 3 is 2.40 bits per heavy atom. The van der Waals surface area contributed by atoms with E-state index in [1.54, 1.807) is 0 Å². The van der Waals surface area contributed by atoms with Gasteiger partial charge in [0, 0.05) is 19.2 Å². The number of nitrogens with one attached hydrogen (secondary N) is 1. The van der Waals surface area contributed by atoms with Crippen LogP contribution in [0.25, 0.3) is 0 Å². The quantitative estimate of drug-likeness (QED) is 0.772. The molecule has 2 aliphatic rings. The summed E-state index contributed by atoms with van der Waals surface area (Å²) in [4.78, 5) is 0. The van der Waals surface area contributed by atoms with Gasteiger partial charge < -0.3 is 10.1 Å². The van der Waals surface area contributed by atoms with E-state index in [1.165, 1.54) is 44.9 Å². The lowest BCUT2D eigenvalue weighted by molar-refractivity contribution is 0.106. The molecule has 0 spiro atoms. The zero-order valence-corrected chi connectivity index (χ0v) is 10.2. The molecule has 4 unspecified atom stereocenters. The van der Waals surface area contributed by atoms with E-state index in [1.807, 2.05) is 7.11 Å². The van der Waals surface area contributed by atoms with Crippen molar-refractivity contribution in [3.63, 3.8) is 0 Å². The van der Waals surface area contributed by atoms with Gasteiger partial charge in [-0.3, -0.25) is 0 Å². The van der Waals surface area contributed by atoms with E-state index in [0.717, 1.165) is 18.0 Å². The van der Waals surface area contributed by atoms with Crippen LogP contribution in [0.4, 0.5) is 0 Å². The zero-order valence-electron chi connectivity index (χ0n) is 10.2. The van der Waals surface area contributed by atoms with E-state index in [-0.39, 0.29) is 0 Å². The van der Waals surface area contributed by atoms with Crippen molar-refractivity contribution in [3.05, 3.63) is 0 Å². The van der Waals surface area contributed by atoms with Crippen LogP contribution in [-0.2, 0) is 4.74 Å². The van der Waals surface area contributed by atoms with Crippen LogP contribution in [0.15, 0.2) is 0 Å². The molecule has 0 heterocycles. The molecule has 0 aromatic heterocycles. The molecule has 0 bridgehead atoms. The van der Waals surface area contributed by atoms with E-state index < -0.39 is 0 Å². The number of hydrogen-bond acceptors (Lipinski definition) is 2. The molecule has 2 nitrogen and oxygen atoms in total. The lowest BCUT2D eigenvalue weighted by Crippen LogP contribution is -2.35. The third-order valence-corrected chi connectivity index (χ3v) is 4.31. The van der Waals surface area contributed by atoms with Crippen molar-refractivity contribution < 1.29 is 4.74 Å². The first-order valence-electron chi connectivity index (χ1n) is 6.60. The first-order valence-corrected chi connectivity index (χ1v) is 6.60. The lowest BCUT2D eigenvalue weighted by atomic mass is 10.1. The first-order chi connectivity index (χ1) is 7.31. The molecular weight excluding hydrogens is 186 g/mol. The van der Waals surface area contributed by atoms with Crippen LogP contribution in [0, 0.1) is 5.92 Å². The highest BCUT2D eigenvalue weighted by Crippen LogP contribution is 2.30. The highest BCUT2D eigenvalue weighted by Gasteiger charge is 2.29. The van der Waals surface area contributed by atoms with E-state index in [4.69, 9.17) is 4.74 Å². The molecule has 0 radical (unpaired) electrons. The van der Waals surface area contributed by atoms with E-state index >= 15 is 0 Å². The Balaban J connectivity index is 1.70. The van der Waals surface area contributed by atoms with Crippen LogP contribution in [0.5, 0.6) is 0 Å². The summed E-state index contributed by atoms with van der Waals surface area (Å²) in [6, 6.07) is 1.53. The molecule has 2 aliphatic carbocycles. The van der Waals surface area contributed by atoms with Gasteiger partial charge in [-0.25, -0.2) is 0 Å². The molecule has 1 N–H and O–H groups in total. The number of methoxy groups -OCH3 is 1. The Kier molecular flexibility index (Phi) is 4.04. The summed E-state index contributed by atoms with van der Waals surface area (Å²) in [7, 11) is 1.84. The van der Waals surface area contributed by atoms with Gasteiger partial charge in [0.15, 0.2) is 0 Å². The standard InChI is InChI=1S/C13H25NO/c1-3-10-4-5-11(8-10)14-12-6-7-13(9-12)15-2/h10-14H,3-9H2,1-2H3. The summed E-state index contributed by atoms with van der Waals surface area (Å²) in [6.07, 6.45) is 9.91. The number of hydrogen-bond donors (Lipinski definition) is 1. The monoisotopic (exact) mass is 211 g/mol. The molecule has 0 aromatic rings. The van der Waals surface area contributed by atoms with Crippen molar-refractivity contribution >= 4 is 0 Å². The highest BCUT2D eigenvalue weighted by atomic mass is 16.5. The molecule has 0 saturated heterocycles. The van der Waals surface area contributed by atoms with Gasteiger partial charge in [0.2, 0.25) is 0 Å². The summed E-state index contributed by atoms with van der Waals surface area (Å²) in [6.45, 7) is 2.32. The van der Waals surface area contributed by atoms with Crippen molar-refractivity contribution in [2.75, 3.05) is 7.11 Å². The van der Waals surface area contributed by atoms with Crippen LogP contribution >= 0.6 is 0 Å². The number of rotatable bonds is 4. The molecule has 15 heavy (non-hydrogen) atoms. The maximum absolute atomic E-state index is 5.41. The van der Waals surface area contributed by atoms with E-state index in [2.05, 4.69) is 12.2 Å². The Morgan fingerprint density at radius 1 is 1.07 bits per heavy atom. The molecular formula is C13H25NO. The average molecular weight is 211 g/mol. The maximum Gasteiger partial charge on any atom is 0.0586 e. The molecule has 4 atom stereocenters. The molecule has 0 aliphatic heterocycles. The van der Waals surface area contributed by atoms with Crippen molar-refractivity contribution in [1.29, 1.82) is 0 Å². The molecule has 0 aromatic carbocycles. The fraction of sp³-hybridized carbons (Fsp3) is 1.00. The Hall–Kier alpha value is -0.0800. The summed E-state index contributed by atoms with van der Waals surface area (Å²) in [5.41, 5.74) is 0. The largest absolute Gasteiger partial charge is 0.381 e. The van der Waals surface area contributed by atoms with Gasteiger partial charge in [-0.15, -0.1) is 0 Å². The third-order valence-electron chi connectivity index (χ3n) is 4.31. The van der Waals surface area contributed by atoms with Crippen LogP contribution < -0.4 is 5.32 Å². The second kappa shape index (κ2) is 5.31. The fourth-order valence-corrected chi connectivity index (χ4v) is 3.24. The summed E-state index contributed by atoms with van der Waals surface area (Å²) >= 11 is 0. The van der Waals surface area contributed by atoms with Crippen molar-refractivity contribution in [2.45, 2.75) is 70.1 Å². The maximum atomic E-state index is 5.41. The fourth-order valence-electron chi connectivity index (χ4n) is 3.24. The summed E-state index contributed by atoms with van der Waals surface area (Å²) in [5.74, 6) is 0.988. The van der Waals surface area contributed by atoms with Gasteiger partial charge in [0.05, 0.1) is 6.10 Å². The van der Waals surface area contributed by atoms with E-state index in [0.29, 0.717) is 6.10 Å². The molecule has 0 amide bonds. The zero-order chi connectivity index (χ0) is 10.7. The predicted octanol–water partition coefficient (Wildman–Crippen LogP) is 2.72. The van der Waals surface area contributed by atoms with Gasteiger partial charge >= 0.3 is 0 Å². The van der Waals surface area contributed by atoms with Gasteiger partial charge in [-0.2, -0.15) is 0 Å². The van der Waals surface area contributed by atoms with Crippen molar-refractivity contribution in [2.24, 2.45) is 5.92 Å². The Labute approximate surface area is 93.8 Å². The number of ether oxygens (including phenoxy) is 1. The Bertz CT molecular complexity index is 175. The average Bonchev–Trinajstić information content (AvgIpc) is 2.87.